The van der Waals surface area contributed by atoms with E-state index >= 15 is 0 Å². The number of piperidine rings is 1. The standard InChI is InChI=1S/C18H31N3/c1-5-17-9-16(12-19-11-14(2)3)10-18(20-17)21-8-6-7-15(4)13-21/h9-10,14-15,19H,5-8,11-13H2,1-4H3. The fourth-order valence-corrected chi connectivity index (χ4v) is 2.98. The molecule has 1 aromatic rings. The summed E-state index contributed by atoms with van der Waals surface area (Å²) in [6.07, 6.45) is 3.65. The summed E-state index contributed by atoms with van der Waals surface area (Å²) in [6, 6.07) is 4.54. The van der Waals surface area contributed by atoms with Crippen LogP contribution in [0.4, 0.5) is 5.82 Å². The molecule has 1 saturated heterocycles. The first-order chi connectivity index (χ1) is 10.1. The Hall–Kier alpha value is -1.09. The molecule has 1 aliphatic heterocycles. The highest BCUT2D eigenvalue weighted by atomic mass is 15.2. The largest absolute Gasteiger partial charge is 0.356 e. The van der Waals surface area contributed by atoms with E-state index < -0.39 is 0 Å². The van der Waals surface area contributed by atoms with Crippen LogP contribution >= 0.6 is 0 Å². The highest BCUT2D eigenvalue weighted by Crippen LogP contribution is 2.23. The zero-order chi connectivity index (χ0) is 15.2. The van der Waals surface area contributed by atoms with Gasteiger partial charge in [0, 0.05) is 25.3 Å². The lowest BCUT2D eigenvalue weighted by Crippen LogP contribution is -2.35. The predicted octanol–water partition coefficient (Wildman–Crippen LogP) is 3.63. The van der Waals surface area contributed by atoms with E-state index in [2.05, 4.69) is 50.0 Å². The van der Waals surface area contributed by atoms with Crippen LogP contribution in [0, 0.1) is 11.8 Å². The van der Waals surface area contributed by atoms with E-state index in [-0.39, 0.29) is 0 Å². The average molecular weight is 289 g/mol. The molecule has 3 nitrogen and oxygen atoms in total. The van der Waals surface area contributed by atoms with E-state index in [1.54, 1.807) is 0 Å². The van der Waals surface area contributed by atoms with Crippen LogP contribution in [0.1, 0.15) is 51.8 Å². The number of nitrogens with zero attached hydrogens (tertiary/aromatic N) is 2. The summed E-state index contributed by atoms with van der Waals surface area (Å²) in [5, 5.41) is 3.55. The van der Waals surface area contributed by atoms with Gasteiger partial charge < -0.3 is 10.2 Å². The summed E-state index contributed by atoms with van der Waals surface area (Å²) in [7, 11) is 0. The molecular formula is C18H31N3. The Morgan fingerprint density at radius 1 is 1.38 bits per heavy atom. The molecule has 1 atom stereocenters. The zero-order valence-corrected chi connectivity index (χ0v) is 14.2. The van der Waals surface area contributed by atoms with Crippen molar-refractivity contribution in [2.45, 2.75) is 53.5 Å². The molecule has 2 heterocycles. The molecule has 1 N–H and O–H groups in total. The number of nitrogens with one attached hydrogen (secondary N) is 1. The second kappa shape index (κ2) is 7.79. The first kappa shape index (κ1) is 16.3. The van der Waals surface area contributed by atoms with Gasteiger partial charge in [0.15, 0.2) is 0 Å². The molecular weight excluding hydrogens is 258 g/mol. The van der Waals surface area contributed by atoms with Gasteiger partial charge in [-0.3, -0.25) is 0 Å². The summed E-state index contributed by atoms with van der Waals surface area (Å²) in [4.78, 5) is 7.32. The summed E-state index contributed by atoms with van der Waals surface area (Å²) in [6.45, 7) is 13.4. The first-order valence-corrected chi connectivity index (χ1v) is 8.54. The fourth-order valence-electron chi connectivity index (χ4n) is 2.98. The van der Waals surface area contributed by atoms with E-state index in [9.17, 15) is 0 Å². The van der Waals surface area contributed by atoms with Gasteiger partial charge >= 0.3 is 0 Å². The Bertz CT molecular complexity index is 442. The van der Waals surface area contributed by atoms with Crippen molar-refractivity contribution in [2.75, 3.05) is 24.5 Å². The van der Waals surface area contributed by atoms with Crippen molar-refractivity contribution >= 4 is 5.82 Å². The van der Waals surface area contributed by atoms with Gasteiger partial charge in [-0.1, -0.05) is 27.7 Å². The first-order valence-electron chi connectivity index (χ1n) is 8.54. The lowest BCUT2D eigenvalue weighted by atomic mass is 10.00. The quantitative estimate of drug-likeness (QED) is 0.867. The van der Waals surface area contributed by atoms with E-state index in [0.717, 1.165) is 38.5 Å². The van der Waals surface area contributed by atoms with Crippen molar-refractivity contribution in [3.8, 4) is 0 Å². The van der Waals surface area contributed by atoms with Crippen molar-refractivity contribution in [3.63, 3.8) is 0 Å². The van der Waals surface area contributed by atoms with Crippen LogP contribution in [0.3, 0.4) is 0 Å². The average Bonchev–Trinajstić information content (AvgIpc) is 2.46. The number of hydrogen-bond donors (Lipinski definition) is 1. The number of hydrogen-bond acceptors (Lipinski definition) is 3. The van der Waals surface area contributed by atoms with E-state index in [0.29, 0.717) is 5.92 Å². The van der Waals surface area contributed by atoms with Crippen LogP contribution in [0.15, 0.2) is 12.1 Å². The van der Waals surface area contributed by atoms with Crippen LogP contribution < -0.4 is 10.2 Å². The van der Waals surface area contributed by atoms with Gasteiger partial charge in [-0.05, 0) is 55.3 Å². The SMILES string of the molecule is CCc1cc(CNCC(C)C)cc(N2CCCC(C)C2)n1. The number of aryl methyl sites for hydroxylation is 1. The van der Waals surface area contributed by atoms with Crippen LogP contribution in [0.5, 0.6) is 0 Å². The Morgan fingerprint density at radius 3 is 2.86 bits per heavy atom. The van der Waals surface area contributed by atoms with Crippen molar-refractivity contribution < 1.29 is 0 Å². The fraction of sp³-hybridized carbons (Fsp3) is 0.722. The summed E-state index contributed by atoms with van der Waals surface area (Å²) >= 11 is 0. The van der Waals surface area contributed by atoms with Crippen molar-refractivity contribution in [1.29, 1.82) is 0 Å². The Morgan fingerprint density at radius 2 is 2.19 bits per heavy atom. The molecule has 0 spiro atoms. The molecule has 1 aromatic heterocycles. The molecule has 0 saturated carbocycles. The zero-order valence-electron chi connectivity index (χ0n) is 14.2. The summed E-state index contributed by atoms with van der Waals surface area (Å²) < 4.78 is 0. The molecule has 0 aliphatic carbocycles. The Balaban J connectivity index is 2.09. The van der Waals surface area contributed by atoms with Gasteiger partial charge in [-0.2, -0.15) is 0 Å². The summed E-state index contributed by atoms with van der Waals surface area (Å²) in [5.41, 5.74) is 2.59. The molecule has 21 heavy (non-hydrogen) atoms. The third kappa shape index (κ3) is 4.99. The van der Waals surface area contributed by atoms with Crippen molar-refractivity contribution in [3.05, 3.63) is 23.4 Å². The summed E-state index contributed by atoms with van der Waals surface area (Å²) in [5.74, 6) is 2.66. The molecule has 0 radical (unpaired) electrons. The topological polar surface area (TPSA) is 28.2 Å². The van der Waals surface area contributed by atoms with Crippen LogP contribution in [-0.4, -0.2) is 24.6 Å². The lowest BCUT2D eigenvalue weighted by molar-refractivity contribution is 0.444. The molecule has 1 aliphatic rings. The third-order valence-electron chi connectivity index (χ3n) is 4.15. The predicted molar refractivity (Wildman–Crippen MR) is 90.8 cm³/mol. The van der Waals surface area contributed by atoms with Crippen molar-refractivity contribution in [2.24, 2.45) is 11.8 Å². The Labute approximate surface area is 130 Å². The molecule has 0 bridgehead atoms. The molecule has 2 rings (SSSR count). The number of aromatic nitrogens is 1. The monoisotopic (exact) mass is 289 g/mol. The number of pyridine rings is 1. The van der Waals surface area contributed by atoms with Crippen molar-refractivity contribution in [1.82, 2.24) is 10.3 Å². The molecule has 0 amide bonds. The second-order valence-electron chi connectivity index (χ2n) is 6.90. The molecule has 0 aromatic carbocycles. The molecule has 1 fully saturated rings. The third-order valence-corrected chi connectivity index (χ3v) is 4.15. The lowest BCUT2D eigenvalue weighted by Gasteiger charge is -2.32. The minimum absolute atomic E-state index is 0.694. The molecule has 3 heteroatoms. The van der Waals surface area contributed by atoms with Crippen LogP contribution in [-0.2, 0) is 13.0 Å². The highest BCUT2D eigenvalue weighted by Gasteiger charge is 2.18. The van der Waals surface area contributed by atoms with E-state index in [1.165, 1.54) is 29.9 Å². The maximum Gasteiger partial charge on any atom is 0.129 e. The van der Waals surface area contributed by atoms with Gasteiger partial charge in [0.05, 0.1) is 0 Å². The van der Waals surface area contributed by atoms with Gasteiger partial charge in [-0.25, -0.2) is 4.98 Å². The smallest absolute Gasteiger partial charge is 0.129 e. The van der Waals surface area contributed by atoms with Gasteiger partial charge in [0.25, 0.3) is 0 Å². The maximum absolute atomic E-state index is 4.85. The molecule has 118 valence electrons. The van der Waals surface area contributed by atoms with Gasteiger partial charge in [0.1, 0.15) is 5.82 Å². The maximum atomic E-state index is 4.85. The van der Waals surface area contributed by atoms with E-state index in [1.807, 2.05) is 0 Å². The Kier molecular flexibility index (Phi) is 6.04. The highest BCUT2D eigenvalue weighted by molar-refractivity contribution is 5.43. The number of anilines is 1. The minimum Gasteiger partial charge on any atom is -0.356 e. The van der Waals surface area contributed by atoms with Gasteiger partial charge in [-0.15, -0.1) is 0 Å². The van der Waals surface area contributed by atoms with Gasteiger partial charge in [0.2, 0.25) is 0 Å². The second-order valence-corrected chi connectivity index (χ2v) is 6.90. The van der Waals surface area contributed by atoms with Crippen LogP contribution in [0.25, 0.3) is 0 Å². The molecule has 1 unspecified atom stereocenters. The normalized spacial score (nSPS) is 19.3. The minimum atomic E-state index is 0.694. The van der Waals surface area contributed by atoms with Crippen LogP contribution in [0.2, 0.25) is 0 Å². The van der Waals surface area contributed by atoms with E-state index in [4.69, 9.17) is 4.98 Å². The number of rotatable bonds is 6.